The highest BCUT2D eigenvalue weighted by Crippen LogP contribution is 2.38. The quantitative estimate of drug-likeness (QED) is 0.680. The van der Waals surface area contributed by atoms with Gasteiger partial charge in [0.25, 0.3) is 5.91 Å². The van der Waals surface area contributed by atoms with Gasteiger partial charge in [-0.15, -0.1) is 0 Å². The van der Waals surface area contributed by atoms with Crippen LogP contribution in [0, 0.1) is 13.8 Å². The van der Waals surface area contributed by atoms with Crippen LogP contribution in [0.2, 0.25) is 0 Å². The van der Waals surface area contributed by atoms with Gasteiger partial charge in [-0.25, -0.2) is 0 Å². The number of rotatable bonds is 8. The Kier molecular flexibility index (Phi) is 7.36. The molecule has 1 N–H and O–H groups in total. The fraction of sp³-hybridized carbons (Fsp3) is 0.350. The van der Waals surface area contributed by atoms with Crippen LogP contribution < -0.4 is 24.3 Å². The Balaban J connectivity index is 1.97. The van der Waals surface area contributed by atoms with Crippen molar-refractivity contribution in [2.45, 2.75) is 20.4 Å². The molecule has 0 fully saturated rings. The Labute approximate surface area is 167 Å². The number of methoxy groups -OCH3 is 3. The third kappa shape index (κ3) is 5.29. The number of ether oxygens (including phenoxy) is 4. The Morgan fingerprint density at radius 1 is 0.963 bits per heavy atom. The van der Waals surface area contributed by atoms with Crippen molar-refractivity contribution in [1.29, 1.82) is 0 Å². The van der Waals surface area contributed by atoms with Crippen LogP contribution >= 0.6 is 15.9 Å². The van der Waals surface area contributed by atoms with E-state index in [1.165, 1.54) is 0 Å². The van der Waals surface area contributed by atoms with Gasteiger partial charge in [-0.3, -0.25) is 4.79 Å². The van der Waals surface area contributed by atoms with Gasteiger partial charge >= 0.3 is 0 Å². The molecule has 7 heteroatoms. The van der Waals surface area contributed by atoms with Crippen molar-refractivity contribution in [3.05, 3.63) is 45.4 Å². The fourth-order valence-corrected chi connectivity index (χ4v) is 2.86. The molecule has 0 bridgehead atoms. The van der Waals surface area contributed by atoms with Gasteiger partial charge in [-0.2, -0.15) is 0 Å². The maximum absolute atomic E-state index is 12.1. The summed E-state index contributed by atoms with van der Waals surface area (Å²) in [6.07, 6.45) is 0. The SMILES string of the molecule is COc1cc(CNC(=O)COc2cc(C)c(Br)c(C)c2)cc(OC)c1OC. The lowest BCUT2D eigenvalue weighted by Crippen LogP contribution is -2.28. The Bertz CT molecular complexity index is 774. The van der Waals surface area contributed by atoms with Crippen LogP contribution in [0.5, 0.6) is 23.0 Å². The molecule has 146 valence electrons. The lowest BCUT2D eigenvalue weighted by Gasteiger charge is -2.14. The summed E-state index contributed by atoms with van der Waals surface area (Å²) in [6, 6.07) is 7.38. The average Bonchev–Trinajstić information content (AvgIpc) is 2.67. The highest BCUT2D eigenvalue weighted by Gasteiger charge is 2.14. The molecule has 0 saturated heterocycles. The third-order valence-electron chi connectivity index (χ3n) is 3.99. The van der Waals surface area contributed by atoms with E-state index in [0.717, 1.165) is 21.2 Å². The molecule has 6 nitrogen and oxygen atoms in total. The van der Waals surface area contributed by atoms with Crippen molar-refractivity contribution < 1.29 is 23.7 Å². The van der Waals surface area contributed by atoms with Crippen molar-refractivity contribution in [3.63, 3.8) is 0 Å². The largest absolute Gasteiger partial charge is 0.493 e. The van der Waals surface area contributed by atoms with Crippen LogP contribution in [0.3, 0.4) is 0 Å². The van der Waals surface area contributed by atoms with Gasteiger partial charge in [0, 0.05) is 11.0 Å². The number of hydrogen-bond donors (Lipinski definition) is 1. The number of halogens is 1. The number of hydrogen-bond acceptors (Lipinski definition) is 5. The predicted octanol–water partition coefficient (Wildman–Crippen LogP) is 3.79. The summed E-state index contributed by atoms with van der Waals surface area (Å²) in [7, 11) is 4.65. The van der Waals surface area contributed by atoms with E-state index in [2.05, 4.69) is 21.2 Å². The van der Waals surface area contributed by atoms with Crippen molar-refractivity contribution in [1.82, 2.24) is 5.32 Å². The summed E-state index contributed by atoms with van der Waals surface area (Å²) in [6.45, 7) is 4.21. The lowest BCUT2D eigenvalue weighted by molar-refractivity contribution is -0.123. The molecule has 0 atom stereocenters. The fourth-order valence-electron chi connectivity index (χ4n) is 2.63. The van der Waals surface area contributed by atoms with E-state index in [-0.39, 0.29) is 12.5 Å². The summed E-state index contributed by atoms with van der Waals surface area (Å²) < 4.78 is 22.6. The summed E-state index contributed by atoms with van der Waals surface area (Å²) in [5.74, 6) is 2.04. The normalized spacial score (nSPS) is 10.3. The van der Waals surface area contributed by atoms with Crippen molar-refractivity contribution in [3.8, 4) is 23.0 Å². The van der Waals surface area contributed by atoms with Gasteiger partial charge in [-0.05, 0) is 54.8 Å². The Morgan fingerprint density at radius 3 is 2.00 bits per heavy atom. The van der Waals surface area contributed by atoms with Crippen LogP contribution in [0.25, 0.3) is 0 Å². The molecule has 0 heterocycles. The molecule has 27 heavy (non-hydrogen) atoms. The molecule has 0 aromatic heterocycles. The first-order valence-corrected chi connectivity index (χ1v) is 9.14. The lowest BCUT2D eigenvalue weighted by atomic mass is 10.1. The minimum atomic E-state index is -0.220. The topological polar surface area (TPSA) is 66.0 Å². The summed E-state index contributed by atoms with van der Waals surface area (Å²) in [5.41, 5.74) is 2.94. The number of benzene rings is 2. The van der Waals surface area contributed by atoms with Gasteiger partial charge in [0.1, 0.15) is 5.75 Å². The number of carbonyl (C=O) groups is 1. The minimum Gasteiger partial charge on any atom is -0.493 e. The van der Waals surface area contributed by atoms with E-state index in [1.807, 2.05) is 26.0 Å². The maximum atomic E-state index is 12.1. The smallest absolute Gasteiger partial charge is 0.258 e. The molecule has 0 aliphatic heterocycles. The molecular formula is C20H24BrNO5. The molecule has 1 amide bonds. The number of nitrogens with one attached hydrogen (secondary N) is 1. The second-order valence-electron chi connectivity index (χ2n) is 5.97. The summed E-state index contributed by atoms with van der Waals surface area (Å²) in [5, 5.41) is 2.82. The van der Waals surface area contributed by atoms with E-state index >= 15 is 0 Å². The van der Waals surface area contributed by atoms with Gasteiger partial charge < -0.3 is 24.3 Å². The molecule has 0 unspecified atom stereocenters. The molecule has 2 aromatic rings. The van der Waals surface area contributed by atoms with Crippen molar-refractivity contribution >= 4 is 21.8 Å². The van der Waals surface area contributed by atoms with Gasteiger partial charge in [0.05, 0.1) is 21.3 Å². The van der Waals surface area contributed by atoms with Crippen LogP contribution in [0.4, 0.5) is 0 Å². The summed E-state index contributed by atoms with van der Waals surface area (Å²) in [4.78, 5) is 12.1. The van der Waals surface area contributed by atoms with Crippen LogP contribution in [-0.4, -0.2) is 33.8 Å². The van der Waals surface area contributed by atoms with Crippen molar-refractivity contribution in [2.24, 2.45) is 0 Å². The van der Waals surface area contributed by atoms with Gasteiger partial charge in [-0.1, -0.05) is 15.9 Å². The zero-order valence-electron chi connectivity index (χ0n) is 16.1. The minimum absolute atomic E-state index is 0.0645. The van der Waals surface area contributed by atoms with E-state index in [4.69, 9.17) is 18.9 Å². The van der Waals surface area contributed by atoms with Crippen LogP contribution in [-0.2, 0) is 11.3 Å². The van der Waals surface area contributed by atoms with E-state index in [0.29, 0.717) is 29.5 Å². The predicted molar refractivity (Wildman–Crippen MR) is 107 cm³/mol. The number of carbonyl (C=O) groups excluding carboxylic acids is 1. The first-order valence-electron chi connectivity index (χ1n) is 8.34. The molecule has 0 spiro atoms. The molecule has 0 saturated carbocycles. The zero-order chi connectivity index (χ0) is 20.0. The molecule has 2 aromatic carbocycles. The molecule has 0 aliphatic rings. The molecule has 0 aliphatic carbocycles. The van der Waals surface area contributed by atoms with Crippen LogP contribution in [0.1, 0.15) is 16.7 Å². The second-order valence-corrected chi connectivity index (χ2v) is 6.76. The highest BCUT2D eigenvalue weighted by molar-refractivity contribution is 9.10. The molecule has 0 radical (unpaired) electrons. The average molecular weight is 438 g/mol. The van der Waals surface area contributed by atoms with Gasteiger partial charge in [0.15, 0.2) is 18.1 Å². The maximum Gasteiger partial charge on any atom is 0.258 e. The standard InChI is InChI=1S/C20H24BrNO5/c1-12-6-15(7-13(2)19(12)21)27-11-18(23)22-10-14-8-16(24-3)20(26-5)17(9-14)25-4/h6-9H,10-11H2,1-5H3,(H,22,23). The van der Waals surface area contributed by atoms with E-state index in [9.17, 15) is 4.79 Å². The third-order valence-corrected chi connectivity index (χ3v) is 5.24. The van der Waals surface area contributed by atoms with E-state index in [1.54, 1.807) is 33.5 Å². The first kappa shape index (κ1) is 20.9. The second kappa shape index (κ2) is 9.50. The zero-order valence-corrected chi connectivity index (χ0v) is 17.7. The molecule has 2 rings (SSSR count). The first-order chi connectivity index (χ1) is 12.9. The van der Waals surface area contributed by atoms with Gasteiger partial charge in [0.2, 0.25) is 5.75 Å². The molecular weight excluding hydrogens is 414 g/mol. The number of amides is 1. The number of aryl methyl sites for hydroxylation is 2. The van der Waals surface area contributed by atoms with Crippen molar-refractivity contribution in [2.75, 3.05) is 27.9 Å². The van der Waals surface area contributed by atoms with Crippen LogP contribution in [0.15, 0.2) is 28.7 Å². The Hall–Kier alpha value is -2.41. The monoisotopic (exact) mass is 437 g/mol. The Morgan fingerprint density at radius 2 is 1.52 bits per heavy atom. The van der Waals surface area contributed by atoms with E-state index < -0.39 is 0 Å². The summed E-state index contributed by atoms with van der Waals surface area (Å²) >= 11 is 3.51. The highest BCUT2D eigenvalue weighted by atomic mass is 79.9.